The number of nitrogens with one attached hydrogen (secondary N) is 1. The summed E-state index contributed by atoms with van der Waals surface area (Å²) in [6.07, 6.45) is 7.24. The van der Waals surface area contributed by atoms with E-state index in [0.717, 1.165) is 38.5 Å². The quantitative estimate of drug-likeness (QED) is 0.626. The summed E-state index contributed by atoms with van der Waals surface area (Å²) in [5, 5.41) is 3.32. The van der Waals surface area contributed by atoms with Gasteiger partial charge in [-0.2, -0.15) is 0 Å². The van der Waals surface area contributed by atoms with Gasteiger partial charge in [0.2, 0.25) is 0 Å². The Balaban J connectivity index is 2.43. The molecule has 4 nitrogen and oxygen atoms in total. The predicted octanol–water partition coefficient (Wildman–Crippen LogP) is 2.57. The molecule has 118 valence electrons. The molecule has 0 aromatic rings. The number of hydrogen-bond acceptors (Lipinski definition) is 4. The third-order valence-corrected chi connectivity index (χ3v) is 4.16. The average molecular weight is 284 g/mol. The summed E-state index contributed by atoms with van der Waals surface area (Å²) in [5.41, 5.74) is 0. The summed E-state index contributed by atoms with van der Waals surface area (Å²) >= 11 is 0. The minimum atomic E-state index is -0.148. The van der Waals surface area contributed by atoms with Crippen LogP contribution in [0, 0.1) is 0 Å². The van der Waals surface area contributed by atoms with Gasteiger partial charge in [0.05, 0.1) is 6.61 Å². The van der Waals surface area contributed by atoms with Crippen molar-refractivity contribution < 1.29 is 9.53 Å². The van der Waals surface area contributed by atoms with Crippen molar-refractivity contribution in [2.45, 2.75) is 71.4 Å². The lowest BCUT2D eigenvalue weighted by atomic mass is 10.1. The van der Waals surface area contributed by atoms with Gasteiger partial charge in [0.1, 0.15) is 6.04 Å². The molecular formula is C16H32N2O2. The molecule has 0 spiro atoms. The topological polar surface area (TPSA) is 41.6 Å². The molecule has 4 heteroatoms. The maximum absolute atomic E-state index is 12.0. The highest BCUT2D eigenvalue weighted by molar-refractivity contribution is 5.75. The fourth-order valence-electron chi connectivity index (χ4n) is 3.03. The normalized spacial score (nSPS) is 17.6. The molecule has 1 saturated carbocycles. The van der Waals surface area contributed by atoms with E-state index in [9.17, 15) is 4.79 Å². The lowest BCUT2D eigenvalue weighted by Crippen LogP contribution is -2.43. The molecule has 1 aliphatic rings. The first kappa shape index (κ1) is 17.4. The number of carbonyl (C=O) groups is 1. The Kier molecular flexibility index (Phi) is 8.86. The van der Waals surface area contributed by atoms with Crippen LogP contribution < -0.4 is 5.32 Å². The summed E-state index contributed by atoms with van der Waals surface area (Å²) in [7, 11) is 0. The van der Waals surface area contributed by atoms with Crippen molar-refractivity contribution in [3.8, 4) is 0 Å². The van der Waals surface area contributed by atoms with Crippen molar-refractivity contribution >= 4 is 5.97 Å². The van der Waals surface area contributed by atoms with Gasteiger partial charge in [0, 0.05) is 12.6 Å². The van der Waals surface area contributed by atoms with Crippen LogP contribution >= 0.6 is 0 Å². The summed E-state index contributed by atoms with van der Waals surface area (Å²) in [4.78, 5) is 14.5. The zero-order chi connectivity index (χ0) is 14.8. The molecule has 1 atom stereocenters. The van der Waals surface area contributed by atoms with Crippen LogP contribution in [0.5, 0.6) is 0 Å². The standard InChI is InChI=1S/C16H32N2O2/c1-4-12-17-15(16(19)20-6-3)11-13-18(5-2)14-9-7-8-10-14/h14-15,17H,4-13H2,1-3H3. The second kappa shape index (κ2) is 10.2. The number of esters is 1. The van der Waals surface area contributed by atoms with Crippen molar-refractivity contribution in [3.05, 3.63) is 0 Å². The Morgan fingerprint density at radius 1 is 1.30 bits per heavy atom. The largest absolute Gasteiger partial charge is 0.465 e. The molecule has 0 bridgehead atoms. The molecule has 1 fully saturated rings. The minimum absolute atomic E-state index is 0.0941. The first-order valence-electron chi connectivity index (χ1n) is 8.36. The van der Waals surface area contributed by atoms with Crippen molar-refractivity contribution in [1.29, 1.82) is 0 Å². The molecule has 1 aliphatic carbocycles. The monoisotopic (exact) mass is 284 g/mol. The number of ether oxygens (including phenoxy) is 1. The van der Waals surface area contributed by atoms with Gasteiger partial charge in [0.25, 0.3) is 0 Å². The van der Waals surface area contributed by atoms with E-state index in [4.69, 9.17) is 4.74 Å². The minimum Gasteiger partial charge on any atom is -0.465 e. The molecular weight excluding hydrogens is 252 g/mol. The Labute approximate surface area is 124 Å². The summed E-state index contributed by atoms with van der Waals surface area (Å²) < 4.78 is 5.17. The fourth-order valence-corrected chi connectivity index (χ4v) is 3.03. The van der Waals surface area contributed by atoms with Crippen LogP contribution in [-0.2, 0) is 9.53 Å². The molecule has 0 amide bonds. The van der Waals surface area contributed by atoms with Gasteiger partial charge in [-0.3, -0.25) is 4.79 Å². The second-order valence-electron chi connectivity index (χ2n) is 5.61. The van der Waals surface area contributed by atoms with Gasteiger partial charge in [-0.05, 0) is 45.7 Å². The highest BCUT2D eigenvalue weighted by Crippen LogP contribution is 2.23. The van der Waals surface area contributed by atoms with Gasteiger partial charge in [-0.1, -0.05) is 26.7 Å². The number of carbonyl (C=O) groups excluding carboxylic acids is 1. The maximum Gasteiger partial charge on any atom is 0.323 e. The smallest absolute Gasteiger partial charge is 0.323 e. The van der Waals surface area contributed by atoms with E-state index in [1.54, 1.807) is 0 Å². The first-order valence-corrected chi connectivity index (χ1v) is 8.36. The lowest BCUT2D eigenvalue weighted by Gasteiger charge is -2.29. The van der Waals surface area contributed by atoms with E-state index >= 15 is 0 Å². The van der Waals surface area contributed by atoms with E-state index in [2.05, 4.69) is 24.1 Å². The molecule has 1 N–H and O–H groups in total. The molecule has 0 aromatic carbocycles. The van der Waals surface area contributed by atoms with Crippen LogP contribution in [0.25, 0.3) is 0 Å². The van der Waals surface area contributed by atoms with Crippen molar-refractivity contribution in [2.24, 2.45) is 0 Å². The van der Waals surface area contributed by atoms with Crippen LogP contribution in [0.1, 0.15) is 59.3 Å². The van der Waals surface area contributed by atoms with Gasteiger partial charge in [-0.25, -0.2) is 0 Å². The van der Waals surface area contributed by atoms with Crippen LogP contribution in [0.2, 0.25) is 0 Å². The van der Waals surface area contributed by atoms with Crippen LogP contribution in [0.3, 0.4) is 0 Å². The van der Waals surface area contributed by atoms with Gasteiger partial charge >= 0.3 is 5.97 Å². The lowest BCUT2D eigenvalue weighted by molar-refractivity contribution is -0.146. The molecule has 1 rings (SSSR count). The van der Waals surface area contributed by atoms with E-state index in [0.29, 0.717) is 6.61 Å². The number of hydrogen-bond donors (Lipinski definition) is 1. The third kappa shape index (κ3) is 5.80. The molecule has 0 heterocycles. The van der Waals surface area contributed by atoms with E-state index in [1.165, 1.54) is 25.7 Å². The Hall–Kier alpha value is -0.610. The van der Waals surface area contributed by atoms with Gasteiger partial charge in [0.15, 0.2) is 0 Å². The van der Waals surface area contributed by atoms with E-state index in [1.807, 2.05) is 6.92 Å². The van der Waals surface area contributed by atoms with Crippen molar-refractivity contribution in [2.75, 3.05) is 26.2 Å². The zero-order valence-electron chi connectivity index (χ0n) is 13.5. The Morgan fingerprint density at radius 2 is 2.00 bits per heavy atom. The van der Waals surface area contributed by atoms with Crippen molar-refractivity contribution in [3.63, 3.8) is 0 Å². The summed E-state index contributed by atoms with van der Waals surface area (Å²) in [6.45, 7) is 9.60. The highest BCUT2D eigenvalue weighted by atomic mass is 16.5. The summed E-state index contributed by atoms with van der Waals surface area (Å²) in [5.74, 6) is -0.0941. The maximum atomic E-state index is 12.0. The van der Waals surface area contributed by atoms with E-state index < -0.39 is 0 Å². The average Bonchev–Trinajstić information content (AvgIpc) is 2.97. The second-order valence-corrected chi connectivity index (χ2v) is 5.61. The Morgan fingerprint density at radius 3 is 2.55 bits per heavy atom. The summed E-state index contributed by atoms with van der Waals surface area (Å²) in [6, 6.07) is 0.583. The zero-order valence-corrected chi connectivity index (χ0v) is 13.5. The van der Waals surface area contributed by atoms with Crippen LogP contribution in [0.4, 0.5) is 0 Å². The highest BCUT2D eigenvalue weighted by Gasteiger charge is 2.24. The number of rotatable bonds is 10. The first-order chi connectivity index (χ1) is 9.72. The molecule has 1 unspecified atom stereocenters. The van der Waals surface area contributed by atoms with Crippen LogP contribution in [-0.4, -0.2) is 49.2 Å². The molecule has 0 aliphatic heterocycles. The molecule has 0 saturated heterocycles. The SMILES string of the molecule is CCCNC(CCN(CC)C1CCCC1)C(=O)OCC. The predicted molar refractivity (Wildman–Crippen MR) is 82.8 cm³/mol. The van der Waals surface area contributed by atoms with Gasteiger partial charge < -0.3 is 15.0 Å². The van der Waals surface area contributed by atoms with E-state index in [-0.39, 0.29) is 12.0 Å². The number of nitrogens with zero attached hydrogens (tertiary/aromatic N) is 1. The van der Waals surface area contributed by atoms with Gasteiger partial charge in [-0.15, -0.1) is 0 Å². The third-order valence-electron chi connectivity index (χ3n) is 4.16. The van der Waals surface area contributed by atoms with Crippen LogP contribution in [0.15, 0.2) is 0 Å². The molecule has 0 radical (unpaired) electrons. The molecule has 20 heavy (non-hydrogen) atoms. The Bertz CT molecular complexity index is 265. The van der Waals surface area contributed by atoms with Crippen molar-refractivity contribution in [1.82, 2.24) is 10.2 Å². The fraction of sp³-hybridized carbons (Fsp3) is 0.938. The molecule has 0 aromatic heterocycles.